The van der Waals surface area contributed by atoms with Crippen molar-refractivity contribution < 1.29 is 4.74 Å². The van der Waals surface area contributed by atoms with Gasteiger partial charge >= 0.3 is 0 Å². The molecule has 0 N–H and O–H groups in total. The summed E-state index contributed by atoms with van der Waals surface area (Å²) < 4.78 is 6.80. The van der Waals surface area contributed by atoms with Crippen molar-refractivity contribution in [2.24, 2.45) is 7.05 Å². The van der Waals surface area contributed by atoms with E-state index in [4.69, 9.17) is 16.3 Å². The molecule has 1 rings (SSSR count). The van der Waals surface area contributed by atoms with Gasteiger partial charge in [0.25, 0.3) is 0 Å². The molecule has 1 aromatic rings. The van der Waals surface area contributed by atoms with Crippen LogP contribution >= 0.6 is 27.5 Å². The summed E-state index contributed by atoms with van der Waals surface area (Å²) in [4.78, 5) is 2.53. The lowest BCUT2D eigenvalue weighted by molar-refractivity contribution is 0.185. The Morgan fingerprint density at radius 3 is 2.71 bits per heavy atom. The van der Waals surface area contributed by atoms with Gasteiger partial charge in [-0.1, -0.05) is 27.5 Å². The smallest absolute Gasteiger partial charge is 0.131 e. The van der Waals surface area contributed by atoms with Crippen LogP contribution in [0.5, 0.6) is 0 Å². The second-order valence-corrected chi connectivity index (χ2v) is 5.88. The van der Waals surface area contributed by atoms with Crippen molar-refractivity contribution in [2.75, 3.05) is 27.3 Å². The average molecular weight is 325 g/mol. The topological polar surface area (TPSA) is 30.3 Å². The normalized spacial score (nSPS) is 13.4. The molecule has 0 aliphatic carbocycles. The van der Waals surface area contributed by atoms with E-state index in [0.717, 1.165) is 24.3 Å². The SMILES string of the molecule is COCC(Br)CN(C)Cc1c(C)nn(C)c1Cl. The highest BCUT2D eigenvalue weighted by Crippen LogP contribution is 2.20. The molecule has 1 unspecified atom stereocenters. The fourth-order valence-corrected chi connectivity index (χ4v) is 2.75. The zero-order valence-corrected chi connectivity index (χ0v) is 13.0. The lowest BCUT2D eigenvalue weighted by Crippen LogP contribution is -2.28. The van der Waals surface area contributed by atoms with Gasteiger partial charge in [-0.05, 0) is 14.0 Å². The van der Waals surface area contributed by atoms with Gasteiger partial charge in [-0.15, -0.1) is 0 Å². The van der Waals surface area contributed by atoms with Crippen molar-refractivity contribution in [3.05, 3.63) is 16.4 Å². The molecule has 1 aromatic heterocycles. The molecule has 0 saturated carbocycles. The second-order valence-electron chi connectivity index (χ2n) is 4.23. The molecular formula is C11H19BrClN3O. The maximum absolute atomic E-state index is 6.19. The van der Waals surface area contributed by atoms with E-state index in [1.54, 1.807) is 11.8 Å². The Kier molecular flexibility index (Phi) is 5.92. The molecule has 4 nitrogen and oxygen atoms in total. The van der Waals surface area contributed by atoms with Crippen molar-refractivity contribution in [3.8, 4) is 0 Å². The van der Waals surface area contributed by atoms with Crippen molar-refractivity contribution in [2.45, 2.75) is 18.3 Å². The van der Waals surface area contributed by atoms with Crippen LogP contribution in [0.4, 0.5) is 0 Å². The van der Waals surface area contributed by atoms with Crippen LogP contribution in [0.3, 0.4) is 0 Å². The van der Waals surface area contributed by atoms with E-state index >= 15 is 0 Å². The maximum atomic E-state index is 6.19. The number of rotatable bonds is 6. The number of aromatic nitrogens is 2. The number of ether oxygens (including phenoxy) is 1. The number of halogens is 2. The minimum Gasteiger partial charge on any atom is -0.383 e. The molecule has 0 aliphatic rings. The highest BCUT2D eigenvalue weighted by Gasteiger charge is 2.15. The van der Waals surface area contributed by atoms with Crippen LogP contribution in [-0.4, -0.2) is 46.8 Å². The van der Waals surface area contributed by atoms with Gasteiger partial charge in [0.2, 0.25) is 0 Å². The van der Waals surface area contributed by atoms with Crippen LogP contribution < -0.4 is 0 Å². The molecule has 0 spiro atoms. The molecule has 1 heterocycles. The molecule has 98 valence electrons. The Balaban J connectivity index is 2.58. The third kappa shape index (κ3) is 4.25. The van der Waals surface area contributed by atoms with Crippen molar-refractivity contribution in [3.63, 3.8) is 0 Å². The predicted molar refractivity (Wildman–Crippen MR) is 73.9 cm³/mol. The molecule has 0 aliphatic heterocycles. The number of alkyl halides is 1. The number of hydrogen-bond acceptors (Lipinski definition) is 3. The van der Waals surface area contributed by atoms with Gasteiger partial charge < -0.3 is 9.64 Å². The first kappa shape index (κ1) is 15.0. The standard InChI is InChI=1S/C11H19BrClN3O/c1-8-10(11(13)16(3)14-8)6-15(2)5-9(12)7-17-4/h9H,5-7H2,1-4H3. The lowest BCUT2D eigenvalue weighted by Gasteiger charge is -2.19. The number of nitrogens with zero attached hydrogens (tertiary/aromatic N) is 3. The first-order chi connectivity index (χ1) is 7.95. The Morgan fingerprint density at radius 1 is 1.59 bits per heavy atom. The summed E-state index contributed by atoms with van der Waals surface area (Å²) >= 11 is 9.77. The van der Waals surface area contributed by atoms with Gasteiger partial charge in [0, 0.05) is 32.8 Å². The van der Waals surface area contributed by atoms with Gasteiger partial charge in [0.05, 0.1) is 17.1 Å². The van der Waals surface area contributed by atoms with Crippen molar-refractivity contribution in [1.29, 1.82) is 0 Å². The summed E-state index contributed by atoms with van der Waals surface area (Å²) in [6.07, 6.45) is 0. The maximum Gasteiger partial charge on any atom is 0.131 e. The Hall–Kier alpha value is -0.100. The van der Waals surface area contributed by atoms with Crippen molar-refractivity contribution >= 4 is 27.5 Å². The van der Waals surface area contributed by atoms with Gasteiger partial charge in [0.1, 0.15) is 5.15 Å². The Bertz CT molecular complexity index is 370. The van der Waals surface area contributed by atoms with Crippen LogP contribution in [-0.2, 0) is 18.3 Å². The Labute approximate surface area is 116 Å². The van der Waals surface area contributed by atoms with Gasteiger partial charge in [-0.3, -0.25) is 4.68 Å². The van der Waals surface area contributed by atoms with E-state index in [1.807, 2.05) is 14.0 Å². The highest BCUT2D eigenvalue weighted by molar-refractivity contribution is 9.09. The fourth-order valence-electron chi connectivity index (χ4n) is 1.76. The molecular weight excluding hydrogens is 305 g/mol. The minimum absolute atomic E-state index is 0.327. The quantitative estimate of drug-likeness (QED) is 0.752. The second kappa shape index (κ2) is 6.73. The zero-order valence-electron chi connectivity index (χ0n) is 10.7. The Morgan fingerprint density at radius 2 is 2.24 bits per heavy atom. The van der Waals surface area contributed by atoms with E-state index in [-0.39, 0.29) is 0 Å². The van der Waals surface area contributed by atoms with Crippen molar-refractivity contribution in [1.82, 2.24) is 14.7 Å². The molecule has 0 amide bonds. The largest absolute Gasteiger partial charge is 0.383 e. The van der Waals surface area contributed by atoms with Gasteiger partial charge in [-0.25, -0.2) is 0 Å². The predicted octanol–water partition coefficient (Wildman–Crippen LogP) is 2.22. The summed E-state index contributed by atoms with van der Waals surface area (Å²) in [6.45, 7) is 4.38. The van der Waals surface area contributed by atoms with E-state index in [0.29, 0.717) is 16.6 Å². The summed E-state index contributed by atoms with van der Waals surface area (Å²) in [5.41, 5.74) is 2.08. The summed E-state index contributed by atoms with van der Waals surface area (Å²) in [6, 6.07) is 0. The monoisotopic (exact) mass is 323 g/mol. The van der Waals surface area contributed by atoms with E-state index in [9.17, 15) is 0 Å². The van der Waals surface area contributed by atoms with Gasteiger partial charge in [0.15, 0.2) is 0 Å². The molecule has 6 heteroatoms. The molecule has 17 heavy (non-hydrogen) atoms. The summed E-state index contributed by atoms with van der Waals surface area (Å²) in [7, 11) is 5.63. The third-order valence-corrected chi connectivity index (χ3v) is 3.58. The fraction of sp³-hybridized carbons (Fsp3) is 0.727. The first-order valence-corrected chi connectivity index (χ1v) is 6.74. The van der Waals surface area contributed by atoms with Crippen LogP contribution in [0.2, 0.25) is 5.15 Å². The van der Waals surface area contributed by atoms with Crippen LogP contribution in [0.15, 0.2) is 0 Å². The van der Waals surface area contributed by atoms with Crippen LogP contribution in [0.1, 0.15) is 11.3 Å². The molecule has 0 bridgehead atoms. The summed E-state index contributed by atoms with van der Waals surface area (Å²) in [5, 5.41) is 5.02. The number of aryl methyl sites for hydroxylation is 2. The lowest BCUT2D eigenvalue weighted by atomic mass is 10.2. The number of hydrogen-bond donors (Lipinski definition) is 0. The first-order valence-electron chi connectivity index (χ1n) is 5.45. The average Bonchev–Trinajstić information content (AvgIpc) is 2.45. The highest BCUT2D eigenvalue weighted by atomic mass is 79.9. The molecule has 0 fully saturated rings. The van der Waals surface area contributed by atoms with E-state index in [1.165, 1.54) is 0 Å². The van der Waals surface area contributed by atoms with E-state index < -0.39 is 0 Å². The third-order valence-electron chi connectivity index (χ3n) is 2.56. The molecule has 0 aromatic carbocycles. The zero-order chi connectivity index (χ0) is 13.0. The molecule has 0 saturated heterocycles. The van der Waals surface area contributed by atoms with E-state index in [2.05, 4.69) is 33.0 Å². The van der Waals surface area contributed by atoms with Gasteiger partial charge in [-0.2, -0.15) is 5.10 Å². The van der Waals surface area contributed by atoms with Crippen LogP contribution in [0, 0.1) is 6.92 Å². The van der Waals surface area contributed by atoms with Crippen LogP contribution in [0.25, 0.3) is 0 Å². The number of methoxy groups -OCH3 is 1. The summed E-state index contributed by atoms with van der Waals surface area (Å²) in [5.74, 6) is 0. The molecule has 1 atom stereocenters. The minimum atomic E-state index is 0.327. The molecule has 0 radical (unpaired) electrons.